The Balaban J connectivity index is 2.08. The Kier molecular flexibility index (Phi) is 2.15. The standard InChI is InChI=1S/C2H5AsS2/c1-2-5-3-4-1/h3H,1-2H2. The van der Waals surface area contributed by atoms with E-state index in [0.717, 1.165) is 0 Å². The van der Waals surface area contributed by atoms with Crippen LogP contribution < -0.4 is 0 Å². The van der Waals surface area contributed by atoms with Crippen LogP contribution in [0.2, 0.25) is 0 Å². The van der Waals surface area contributed by atoms with Crippen LogP contribution in [0, 0.1) is 0 Å². The van der Waals surface area contributed by atoms with Gasteiger partial charge in [-0.2, -0.15) is 0 Å². The quantitative estimate of drug-likeness (QED) is 0.489. The van der Waals surface area contributed by atoms with Crippen molar-refractivity contribution >= 4 is 33.5 Å². The Labute approximate surface area is 45.1 Å². The monoisotopic (exact) mass is 168 g/mol. The molecule has 1 saturated heterocycles. The van der Waals surface area contributed by atoms with Gasteiger partial charge in [0.2, 0.25) is 0 Å². The summed E-state index contributed by atoms with van der Waals surface area (Å²) in [5, 5.41) is 0. The molecule has 30 valence electrons. The van der Waals surface area contributed by atoms with Gasteiger partial charge in [-0.15, -0.1) is 0 Å². The molecule has 0 aromatic rings. The van der Waals surface area contributed by atoms with Crippen molar-refractivity contribution in [2.24, 2.45) is 0 Å². The van der Waals surface area contributed by atoms with E-state index in [4.69, 9.17) is 0 Å². The first kappa shape index (κ1) is 4.42. The molecule has 0 N–H and O–H groups in total. The summed E-state index contributed by atoms with van der Waals surface area (Å²) in [5.41, 5.74) is 0. The van der Waals surface area contributed by atoms with Crippen LogP contribution >= 0.6 is 20.0 Å². The van der Waals surface area contributed by atoms with Crippen molar-refractivity contribution in [1.82, 2.24) is 0 Å². The van der Waals surface area contributed by atoms with Crippen LogP contribution in [-0.4, -0.2) is 24.9 Å². The van der Waals surface area contributed by atoms with Gasteiger partial charge < -0.3 is 0 Å². The first-order valence-electron chi connectivity index (χ1n) is 1.49. The van der Waals surface area contributed by atoms with Gasteiger partial charge in [-0.05, 0) is 0 Å². The second-order valence-electron chi connectivity index (χ2n) is 0.780. The summed E-state index contributed by atoms with van der Waals surface area (Å²) in [6.07, 6.45) is 0. The first-order valence-corrected chi connectivity index (χ1v) is 8.60. The fourth-order valence-corrected chi connectivity index (χ4v) is 9.74. The van der Waals surface area contributed by atoms with Gasteiger partial charge in [0.05, 0.1) is 0 Å². The van der Waals surface area contributed by atoms with Gasteiger partial charge in [0.1, 0.15) is 0 Å². The Morgan fingerprint density at radius 2 is 1.80 bits per heavy atom. The van der Waals surface area contributed by atoms with E-state index in [2.05, 4.69) is 20.0 Å². The molecule has 1 fully saturated rings. The van der Waals surface area contributed by atoms with E-state index in [1.54, 1.807) is 0 Å². The molecule has 0 unspecified atom stereocenters. The van der Waals surface area contributed by atoms with E-state index in [1.165, 1.54) is 11.5 Å². The van der Waals surface area contributed by atoms with E-state index < -0.39 is 0 Å². The van der Waals surface area contributed by atoms with Crippen molar-refractivity contribution in [1.29, 1.82) is 0 Å². The predicted octanol–water partition coefficient (Wildman–Crippen LogP) is 0.733. The predicted molar refractivity (Wildman–Crippen MR) is 32.1 cm³/mol. The second kappa shape index (κ2) is 2.43. The molecule has 0 bridgehead atoms. The molecule has 0 spiro atoms. The topological polar surface area (TPSA) is 0 Å². The minimum atomic E-state index is 0.472. The summed E-state index contributed by atoms with van der Waals surface area (Å²) in [5.74, 6) is 2.87. The molecular formula is C2H5AsS2. The van der Waals surface area contributed by atoms with Gasteiger partial charge in [-0.3, -0.25) is 0 Å². The van der Waals surface area contributed by atoms with Crippen LogP contribution in [0.1, 0.15) is 0 Å². The third-order valence-corrected chi connectivity index (χ3v) is 9.44. The molecule has 0 aromatic carbocycles. The summed E-state index contributed by atoms with van der Waals surface area (Å²) in [6.45, 7) is 0. The van der Waals surface area contributed by atoms with Crippen LogP contribution in [0.5, 0.6) is 0 Å². The number of hydrogen-bond acceptors (Lipinski definition) is 2. The SMILES string of the molecule is C1CS[AsH]S1. The van der Waals surface area contributed by atoms with Gasteiger partial charge in [-0.25, -0.2) is 0 Å². The van der Waals surface area contributed by atoms with Gasteiger partial charge in [0.15, 0.2) is 0 Å². The molecule has 5 heavy (non-hydrogen) atoms. The normalized spacial score (nSPS) is 24.0. The summed E-state index contributed by atoms with van der Waals surface area (Å²) in [7, 11) is 4.32. The van der Waals surface area contributed by atoms with Crippen molar-refractivity contribution in [3.63, 3.8) is 0 Å². The molecule has 0 amide bonds. The molecule has 1 heterocycles. The average molecular weight is 168 g/mol. The van der Waals surface area contributed by atoms with Gasteiger partial charge in [-0.1, -0.05) is 0 Å². The molecule has 0 atom stereocenters. The fourth-order valence-electron chi connectivity index (χ4n) is 0.208. The van der Waals surface area contributed by atoms with E-state index in [9.17, 15) is 0 Å². The van der Waals surface area contributed by atoms with Crippen LogP contribution in [0.25, 0.3) is 0 Å². The molecule has 0 aromatic heterocycles. The van der Waals surface area contributed by atoms with E-state index >= 15 is 0 Å². The van der Waals surface area contributed by atoms with Crippen LogP contribution in [0.15, 0.2) is 0 Å². The van der Waals surface area contributed by atoms with E-state index in [-0.39, 0.29) is 0 Å². The molecule has 0 nitrogen and oxygen atoms in total. The Bertz CT molecular complexity index is 19.2. The Morgan fingerprint density at radius 1 is 1.20 bits per heavy atom. The fraction of sp³-hybridized carbons (Fsp3) is 1.00. The maximum absolute atomic E-state index is 2.16. The molecule has 0 radical (unpaired) electrons. The third-order valence-electron chi connectivity index (χ3n) is 0.405. The van der Waals surface area contributed by atoms with Gasteiger partial charge in [0.25, 0.3) is 0 Å². The zero-order valence-corrected chi connectivity index (χ0v) is 6.46. The third kappa shape index (κ3) is 1.43. The average Bonchev–Trinajstić information content (AvgIpc) is 1.76. The Morgan fingerprint density at radius 3 is 2.00 bits per heavy atom. The summed E-state index contributed by atoms with van der Waals surface area (Å²) < 4.78 is 0. The molecule has 1 rings (SSSR count). The van der Waals surface area contributed by atoms with E-state index in [0.29, 0.717) is 13.4 Å². The van der Waals surface area contributed by atoms with Crippen LogP contribution in [0.4, 0.5) is 0 Å². The molecule has 1 aliphatic rings. The van der Waals surface area contributed by atoms with Crippen molar-refractivity contribution in [2.45, 2.75) is 0 Å². The summed E-state index contributed by atoms with van der Waals surface area (Å²) in [6, 6.07) is 0. The molecular weight excluding hydrogens is 163 g/mol. The van der Waals surface area contributed by atoms with Crippen molar-refractivity contribution < 1.29 is 0 Å². The van der Waals surface area contributed by atoms with Crippen molar-refractivity contribution in [3.8, 4) is 0 Å². The first-order chi connectivity index (χ1) is 2.50. The zero-order chi connectivity index (χ0) is 3.54. The van der Waals surface area contributed by atoms with E-state index in [1.807, 2.05) is 0 Å². The van der Waals surface area contributed by atoms with Crippen LogP contribution in [0.3, 0.4) is 0 Å². The molecule has 0 aliphatic carbocycles. The number of rotatable bonds is 0. The van der Waals surface area contributed by atoms with Crippen molar-refractivity contribution in [2.75, 3.05) is 11.5 Å². The Hall–Kier alpha value is 1.26. The zero-order valence-electron chi connectivity index (χ0n) is 2.73. The molecule has 1 aliphatic heterocycles. The molecule has 3 heteroatoms. The minimum absolute atomic E-state index is 0.472. The van der Waals surface area contributed by atoms with Gasteiger partial charge >= 0.3 is 45.0 Å². The van der Waals surface area contributed by atoms with Crippen molar-refractivity contribution in [3.05, 3.63) is 0 Å². The van der Waals surface area contributed by atoms with Gasteiger partial charge in [0, 0.05) is 0 Å². The molecule has 0 saturated carbocycles. The summed E-state index contributed by atoms with van der Waals surface area (Å²) >= 11 is 0.472. The summed E-state index contributed by atoms with van der Waals surface area (Å²) in [4.78, 5) is 0. The van der Waals surface area contributed by atoms with Crippen LogP contribution in [-0.2, 0) is 0 Å². The number of hydrogen-bond donors (Lipinski definition) is 0. The second-order valence-corrected chi connectivity index (χ2v) is 9.62. The maximum atomic E-state index is 2.16.